The summed E-state index contributed by atoms with van der Waals surface area (Å²) < 4.78 is 35.9. The van der Waals surface area contributed by atoms with E-state index in [1.807, 2.05) is 61.5 Å². The third kappa shape index (κ3) is 9.26. The second kappa shape index (κ2) is 16.8. The zero-order chi connectivity index (χ0) is 33.9. The van der Waals surface area contributed by atoms with Crippen LogP contribution in [0.4, 0.5) is 5.69 Å². The third-order valence-electron chi connectivity index (χ3n) is 8.51. The number of hydrogen-bond acceptors (Lipinski definition) is 5. The molecule has 8 nitrogen and oxygen atoms in total. The van der Waals surface area contributed by atoms with Crippen LogP contribution in [0.15, 0.2) is 119 Å². The fraction of sp³-hybridized carbons (Fsp3) is 0.316. The van der Waals surface area contributed by atoms with Crippen LogP contribution in [0.25, 0.3) is 0 Å². The fourth-order valence-electron chi connectivity index (χ4n) is 6.05. The minimum Gasteiger partial charge on any atom is -0.494 e. The first kappa shape index (κ1) is 35.2. The maximum absolute atomic E-state index is 14.7. The maximum Gasteiger partial charge on any atom is 0.264 e. The summed E-state index contributed by atoms with van der Waals surface area (Å²) in [7, 11) is -4.18. The lowest BCUT2D eigenvalue weighted by Gasteiger charge is -2.35. The van der Waals surface area contributed by atoms with Crippen LogP contribution in [0.2, 0.25) is 0 Å². The summed E-state index contributed by atoms with van der Waals surface area (Å²) >= 11 is 3.53. The Bertz CT molecular complexity index is 1750. The van der Waals surface area contributed by atoms with E-state index in [0.29, 0.717) is 18.0 Å². The molecular weight excluding hydrogens is 690 g/mol. The zero-order valence-electron chi connectivity index (χ0n) is 27.1. The SMILES string of the molecule is CCOc1ccc(N(CC(=O)N(Cc2cccc(Br)c2)C(Cc2ccccc2)C(=O)NC2CCCCC2)S(=O)(=O)c2ccccc2)cc1. The summed E-state index contributed by atoms with van der Waals surface area (Å²) in [6, 6.07) is 31.0. The van der Waals surface area contributed by atoms with Gasteiger partial charge in [0.1, 0.15) is 18.3 Å². The van der Waals surface area contributed by atoms with Crippen molar-refractivity contribution in [2.75, 3.05) is 17.5 Å². The van der Waals surface area contributed by atoms with E-state index >= 15 is 0 Å². The molecule has 4 aromatic rings. The lowest BCUT2D eigenvalue weighted by Crippen LogP contribution is -2.55. The van der Waals surface area contributed by atoms with E-state index in [4.69, 9.17) is 4.74 Å². The Morgan fingerprint density at radius 1 is 0.854 bits per heavy atom. The van der Waals surface area contributed by atoms with Gasteiger partial charge >= 0.3 is 0 Å². The Balaban J connectivity index is 1.55. The van der Waals surface area contributed by atoms with Crippen molar-refractivity contribution in [1.82, 2.24) is 10.2 Å². The first-order chi connectivity index (χ1) is 23.2. The summed E-state index contributed by atoms with van der Waals surface area (Å²) in [6.45, 7) is 1.92. The van der Waals surface area contributed by atoms with Crippen LogP contribution in [0, 0.1) is 0 Å². The zero-order valence-corrected chi connectivity index (χ0v) is 29.5. The Morgan fingerprint density at radius 2 is 1.50 bits per heavy atom. The number of carbonyl (C=O) groups excluding carboxylic acids is 2. The molecule has 1 unspecified atom stereocenters. The minimum atomic E-state index is -4.18. The second-order valence-corrected chi connectivity index (χ2v) is 14.7. The van der Waals surface area contributed by atoms with Crippen LogP contribution in [-0.4, -0.2) is 50.4 Å². The molecule has 1 atom stereocenters. The molecule has 0 aliphatic heterocycles. The van der Waals surface area contributed by atoms with Gasteiger partial charge in [0.2, 0.25) is 11.8 Å². The molecule has 0 bridgehead atoms. The lowest BCUT2D eigenvalue weighted by molar-refractivity contribution is -0.140. The van der Waals surface area contributed by atoms with Crippen LogP contribution in [0.1, 0.15) is 50.2 Å². The van der Waals surface area contributed by atoms with Gasteiger partial charge in [-0.2, -0.15) is 0 Å². The van der Waals surface area contributed by atoms with E-state index in [9.17, 15) is 18.0 Å². The highest BCUT2D eigenvalue weighted by Gasteiger charge is 2.35. The molecule has 0 saturated heterocycles. The standard InChI is InChI=1S/C38H42BrN3O5S/c1-2-47-34-23-21-33(22-24-34)42(48(45,46)35-19-10-5-11-20-35)28-37(43)41(27-30-15-12-16-31(39)25-30)36(26-29-13-6-3-7-14-29)38(44)40-32-17-8-4-9-18-32/h3,5-7,10-16,19-25,32,36H,2,4,8-9,17-18,26-28H2,1H3,(H,40,44). The quantitative estimate of drug-likeness (QED) is 0.149. The summed E-state index contributed by atoms with van der Waals surface area (Å²) in [5, 5.41) is 3.24. The van der Waals surface area contributed by atoms with Gasteiger partial charge in [-0.15, -0.1) is 0 Å². The highest BCUT2D eigenvalue weighted by Crippen LogP contribution is 2.27. The van der Waals surface area contributed by atoms with Crippen LogP contribution >= 0.6 is 15.9 Å². The largest absolute Gasteiger partial charge is 0.494 e. The predicted octanol–water partition coefficient (Wildman–Crippen LogP) is 7.13. The highest BCUT2D eigenvalue weighted by molar-refractivity contribution is 9.10. The fourth-order valence-corrected chi connectivity index (χ4v) is 7.94. The molecule has 10 heteroatoms. The van der Waals surface area contributed by atoms with Crippen LogP contribution in [-0.2, 0) is 32.6 Å². The van der Waals surface area contributed by atoms with Gasteiger partial charge in [0.05, 0.1) is 17.2 Å². The topological polar surface area (TPSA) is 96.0 Å². The molecule has 48 heavy (non-hydrogen) atoms. The van der Waals surface area contributed by atoms with Gasteiger partial charge in [0, 0.05) is 23.5 Å². The number of sulfonamides is 1. The maximum atomic E-state index is 14.7. The smallest absolute Gasteiger partial charge is 0.264 e. The number of nitrogens with one attached hydrogen (secondary N) is 1. The van der Waals surface area contributed by atoms with Gasteiger partial charge in [-0.25, -0.2) is 8.42 Å². The van der Waals surface area contributed by atoms with Gasteiger partial charge in [-0.1, -0.05) is 95.9 Å². The van der Waals surface area contributed by atoms with Crippen molar-refractivity contribution in [2.24, 2.45) is 0 Å². The number of hydrogen-bond donors (Lipinski definition) is 1. The number of halogens is 1. The lowest BCUT2D eigenvalue weighted by atomic mass is 9.94. The van der Waals surface area contributed by atoms with Crippen molar-refractivity contribution in [1.29, 1.82) is 0 Å². The van der Waals surface area contributed by atoms with Gasteiger partial charge in [-0.05, 0) is 79.4 Å². The predicted molar refractivity (Wildman–Crippen MR) is 192 cm³/mol. The summed E-state index contributed by atoms with van der Waals surface area (Å²) in [6.07, 6.45) is 5.29. The Morgan fingerprint density at radius 3 is 2.15 bits per heavy atom. The summed E-state index contributed by atoms with van der Waals surface area (Å²) in [5.74, 6) is -0.154. The highest BCUT2D eigenvalue weighted by atomic mass is 79.9. The number of benzene rings is 4. The van der Waals surface area contributed by atoms with Gasteiger partial charge < -0.3 is 15.0 Å². The van der Waals surface area contributed by atoms with Gasteiger partial charge in [-0.3, -0.25) is 13.9 Å². The molecule has 1 aliphatic carbocycles. The van der Waals surface area contributed by atoms with E-state index in [2.05, 4.69) is 21.2 Å². The molecule has 1 saturated carbocycles. The average Bonchev–Trinajstić information content (AvgIpc) is 3.10. The normalized spacial score (nSPS) is 14.1. The molecule has 4 aromatic carbocycles. The second-order valence-electron chi connectivity index (χ2n) is 12.0. The average molecular weight is 733 g/mol. The Labute approximate surface area is 292 Å². The van der Waals surface area contributed by atoms with Crippen molar-refractivity contribution >= 4 is 43.5 Å². The van der Waals surface area contributed by atoms with Crippen LogP contribution in [0.5, 0.6) is 5.75 Å². The summed E-state index contributed by atoms with van der Waals surface area (Å²) in [4.78, 5) is 30.5. The minimum absolute atomic E-state index is 0.0335. The molecule has 2 amide bonds. The van der Waals surface area contributed by atoms with Crippen molar-refractivity contribution < 1.29 is 22.7 Å². The number of ether oxygens (including phenoxy) is 1. The molecule has 0 heterocycles. The number of anilines is 1. The third-order valence-corrected chi connectivity index (χ3v) is 10.8. The van der Waals surface area contributed by atoms with Crippen LogP contribution < -0.4 is 14.4 Å². The van der Waals surface area contributed by atoms with E-state index in [0.717, 1.165) is 52.0 Å². The van der Waals surface area contributed by atoms with Crippen LogP contribution in [0.3, 0.4) is 0 Å². The molecule has 1 fully saturated rings. The molecule has 1 aliphatic rings. The van der Waals surface area contributed by atoms with Crippen molar-refractivity contribution in [3.05, 3.63) is 125 Å². The summed E-state index contributed by atoms with van der Waals surface area (Å²) in [5.41, 5.74) is 2.01. The van der Waals surface area contributed by atoms with Crippen molar-refractivity contribution in [2.45, 2.75) is 69.0 Å². The first-order valence-electron chi connectivity index (χ1n) is 16.4. The van der Waals surface area contributed by atoms with E-state index < -0.39 is 28.5 Å². The van der Waals surface area contributed by atoms with E-state index in [-0.39, 0.29) is 29.8 Å². The van der Waals surface area contributed by atoms with E-state index in [1.165, 1.54) is 17.0 Å². The molecule has 0 spiro atoms. The molecule has 0 radical (unpaired) electrons. The van der Waals surface area contributed by atoms with Gasteiger partial charge in [0.25, 0.3) is 10.0 Å². The molecular formula is C38H42BrN3O5S. The molecule has 5 rings (SSSR count). The number of carbonyl (C=O) groups is 2. The van der Waals surface area contributed by atoms with Crippen molar-refractivity contribution in [3.63, 3.8) is 0 Å². The Hall–Kier alpha value is -4.15. The number of rotatable bonds is 14. The monoisotopic (exact) mass is 731 g/mol. The first-order valence-corrected chi connectivity index (χ1v) is 18.7. The number of amides is 2. The molecule has 1 N–H and O–H groups in total. The molecule has 0 aromatic heterocycles. The molecule has 252 valence electrons. The van der Waals surface area contributed by atoms with Crippen molar-refractivity contribution in [3.8, 4) is 5.75 Å². The van der Waals surface area contributed by atoms with E-state index in [1.54, 1.807) is 42.5 Å². The Kier molecular flexibility index (Phi) is 12.3. The van der Waals surface area contributed by atoms with Gasteiger partial charge in [0.15, 0.2) is 0 Å². The number of nitrogens with zero attached hydrogens (tertiary/aromatic N) is 2.